The van der Waals surface area contributed by atoms with Crippen LogP contribution in [0.4, 0.5) is 13.2 Å². The number of sulfone groups is 1. The molecule has 1 saturated carbocycles. The molecule has 1 aromatic rings. The van der Waals surface area contributed by atoms with E-state index in [4.69, 9.17) is 0 Å². The van der Waals surface area contributed by atoms with Gasteiger partial charge in [-0.1, -0.05) is 6.07 Å². The molecule has 0 bridgehead atoms. The van der Waals surface area contributed by atoms with Gasteiger partial charge in [-0.3, -0.25) is 5.01 Å². The van der Waals surface area contributed by atoms with E-state index in [1.54, 1.807) is 0 Å². The van der Waals surface area contributed by atoms with Crippen molar-refractivity contribution in [2.24, 2.45) is 5.10 Å². The van der Waals surface area contributed by atoms with Crippen LogP contribution in [0.25, 0.3) is 0 Å². The van der Waals surface area contributed by atoms with Gasteiger partial charge in [0.05, 0.1) is 11.3 Å². The summed E-state index contributed by atoms with van der Waals surface area (Å²) < 4.78 is 65.2. The molecule has 0 amide bonds. The highest BCUT2D eigenvalue weighted by Gasteiger charge is 2.50. The Bertz CT molecular complexity index is 794. The van der Waals surface area contributed by atoms with E-state index in [9.17, 15) is 21.6 Å². The molecule has 124 valence electrons. The Morgan fingerprint density at radius 3 is 2.61 bits per heavy atom. The summed E-state index contributed by atoms with van der Waals surface area (Å²) in [5.41, 5.74) is 0.365. The fraction of sp³-hybridized carbons (Fsp3) is 0.500. The van der Waals surface area contributed by atoms with Crippen LogP contribution in [-0.4, -0.2) is 36.2 Å². The fourth-order valence-corrected chi connectivity index (χ4v) is 4.61. The maximum Gasteiger partial charge on any atom is 0.241 e. The van der Waals surface area contributed by atoms with Crippen LogP contribution in [0, 0.1) is 11.6 Å². The second-order valence-electron chi connectivity index (χ2n) is 6.06. The number of hydrogen-bond acceptors (Lipinski definition) is 5. The molecule has 3 atom stereocenters. The van der Waals surface area contributed by atoms with Crippen molar-refractivity contribution in [2.45, 2.75) is 42.9 Å². The van der Waals surface area contributed by atoms with Gasteiger partial charge in [0.15, 0.2) is 11.6 Å². The molecule has 2 heterocycles. The van der Waals surface area contributed by atoms with Gasteiger partial charge in [-0.15, -0.1) is 5.10 Å². The predicted octanol–water partition coefficient (Wildman–Crippen LogP) is 1.83. The highest BCUT2D eigenvalue weighted by atomic mass is 32.2. The van der Waals surface area contributed by atoms with Crippen molar-refractivity contribution in [3.63, 3.8) is 0 Å². The van der Waals surface area contributed by atoms with Crippen molar-refractivity contribution in [1.29, 1.82) is 0 Å². The average molecular weight is 345 g/mol. The molecule has 1 aromatic carbocycles. The van der Waals surface area contributed by atoms with Crippen LogP contribution < -0.4 is 5.32 Å². The van der Waals surface area contributed by atoms with E-state index in [2.05, 4.69) is 10.4 Å². The molecule has 23 heavy (non-hydrogen) atoms. The molecule has 0 spiro atoms. The summed E-state index contributed by atoms with van der Waals surface area (Å²) in [6, 6.07) is 2.70. The average Bonchev–Trinajstić information content (AvgIpc) is 3.19. The highest BCUT2D eigenvalue weighted by Crippen LogP contribution is 2.41. The number of nitrogens with zero attached hydrogens (tertiary/aromatic N) is 2. The first-order valence-electron chi connectivity index (χ1n) is 7.34. The summed E-state index contributed by atoms with van der Waals surface area (Å²) in [6.07, 6.45) is -1.05. The van der Waals surface area contributed by atoms with Crippen LogP contribution >= 0.6 is 0 Å². The Balaban J connectivity index is 1.67. The van der Waals surface area contributed by atoms with E-state index < -0.39 is 45.1 Å². The lowest BCUT2D eigenvalue weighted by Gasteiger charge is -2.21. The van der Waals surface area contributed by atoms with Gasteiger partial charge >= 0.3 is 0 Å². The molecule has 0 radical (unpaired) electrons. The zero-order chi connectivity index (χ0) is 16.4. The smallest absolute Gasteiger partial charge is 0.241 e. The van der Waals surface area contributed by atoms with E-state index in [0.29, 0.717) is 18.4 Å². The molecule has 1 saturated heterocycles. The van der Waals surface area contributed by atoms with E-state index in [0.717, 1.165) is 12.1 Å². The van der Waals surface area contributed by atoms with Gasteiger partial charge in [0.2, 0.25) is 15.0 Å². The third-order valence-electron chi connectivity index (χ3n) is 4.43. The van der Waals surface area contributed by atoms with Crippen LogP contribution in [0.15, 0.2) is 23.3 Å². The first kappa shape index (κ1) is 14.8. The van der Waals surface area contributed by atoms with Crippen molar-refractivity contribution in [1.82, 2.24) is 10.3 Å². The molecule has 2 aliphatic heterocycles. The molecule has 3 aliphatic rings. The summed E-state index contributed by atoms with van der Waals surface area (Å²) in [4.78, 5) is 0. The Morgan fingerprint density at radius 2 is 1.96 bits per heavy atom. The van der Waals surface area contributed by atoms with Crippen molar-refractivity contribution >= 4 is 15.0 Å². The molecule has 1 aliphatic carbocycles. The van der Waals surface area contributed by atoms with Gasteiger partial charge < -0.3 is 5.32 Å². The van der Waals surface area contributed by atoms with Gasteiger partial charge in [0, 0.05) is 6.42 Å². The van der Waals surface area contributed by atoms with Crippen LogP contribution in [0.1, 0.15) is 30.9 Å². The lowest BCUT2D eigenvalue weighted by atomic mass is 10.0. The molecule has 9 heteroatoms. The lowest BCUT2D eigenvalue weighted by molar-refractivity contribution is 0.180. The Hall–Kier alpha value is -1.77. The standard InChI is InChI=1S/C14H14F3N3O2S/c15-9-4-1-7(5-10(9)16)12-6-11(17)13-18-14(19-20(12)13)23(21,22)8-2-3-8/h1,4-5,8,11-13H,2-3,6H2,(H,18,19)/t11-,12-,13?/m0/s1. The number of nitrogens with one attached hydrogen (secondary N) is 1. The lowest BCUT2D eigenvalue weighted by Crippen LogP contribution is -2.42. The Morgan fingerprint density at radius 1 is 1.22 bits per heavy atom. The van der Waals surface area contributed by atoms with Gasteiger partial charge in [-0.2, -0.15) is 0 Å². The maximum atomic E-state index is 14.2. The summed E-state index contributed by atoms with van der Waals surface area (Å²) in [6.45, 7) is 0. The number of fused-ring (bicyclic) bond motifs is 1. The Labute approximate surface area is 131 Å². The van der Waals surface area contributed by atoms with Crippen LogP contribution in [-0.2, 0) is 9.84 Å². The molecule has 4 rings (SSSR count). The van der Waals surface area contributed by atoms with Crippen LogP contribution in [0.5, 0.6) is 0 Å². The van der Waals surface area contributed by atoms with Gasteiger partial charge in [-0.05, 0) is 30.5 Å². The fourth-order valence-electron chi connectivity index (χ4n) is 3.04. The zero-order valence-corrected chi connectivity index (χ0v) is 12.7. The molecular weight excluding hydrogens is 331 g/mol. The third-order valence-corrected chi connectivity index (χ3v) is 6.52. The molecule has 0 aromatic heterocycles. The normalized spacial score (nSPS) is 30.1. The summed E-state index contributed by atoms with van der Waals surface area (Å²) in [7, 11) is -3.55. The molecule has 5 nitrogen and oxygen atoms in total. The molecule has 1 N–H and O–H groups in total. The van der Waals surface area contributed by atoms with E-state index >= 15 is 0 Å². The number of hydrazone groups is 1. The summed E-state index contributed by atoms with van der Waals surface area (Å²) >= 11 is 0. The quantitative estimate of drug-likeness (QED) is 0.888. The topological polar surface area (TPSA) is 61.8 Å². The number of benzene rings is 1. The third kappa shape index (κ3) is 2.29. The van der Waals surface area contributed by atoms with Crippen molar-refractivity contribution in [3.05, 3.63) is 35.4 Å². The van der Waals surface area contributed by atoms with E-state index in [1.165, 1.54) is 11.1 Å². The van der Waals surface area contributed by atoms with E-state index in [1.807, 2.05) is 0 Å². The molecule has 2 fully saturated rings. The first-order chi connectivity index (χ1) is 10.9. The second kappa shape index (κ2) is 4.86. The Kier molecular flexibility index (Phi) is 3.13. The van der Waals surface area contributed by atoms with Crippen LogP contribution in [0.3, 0.4) is 0 Å². The largest absolute Gasteiger partial charge is 0.335 e. The number of hydrogen-bond donors (Lipinski definition) is 1. The zero-order valence-electron chi connectivity index (χ0n) is 11.9. The van der Waals surface area contributed by atoms with Crippen LogP contribution in [0.2, 0.25) is 0 Å². The number of rotatable bonds is 2. The molecular formula is C14H14F3N3O2S. The number of alkyl halides is 1. The SMILES string of the molecule is O=S(=O)(C1=NN2C(N1)[C@@H](F)C[C@H]2c1ccc(F)c(F)c1)C1CC1. The maximum absolute atomic E-state index is 14.2. The second-order valence-corrected chi connectivity index (χ2v) is 8.20. The predicted molar refractivity (Wildman–Crippen MR) is 76.8 cm³/mol. The number of halogens is 3. The van der Waals surface area contributed by atoms with Gasteiger partial charge in [0.25, 0.3) is 0 Å². The van der Waals surface area contributed by atoms with Crippen molar-refractivity contribution in [3.8, 4) is 0 Å². The van der Waals surface area contributed by atoms with Gasteiger partial charge in [0.1, 0.15) is 12.3 Å². The molecule has 1 unspecified atom stereocenters. The summed E-state index contributed by atoms with van der Waals surface area (Å²) in [5, 5.41) is 7.31. The minimum Gasteiger partial charge on any atom is -0.335 e. The monoisotopic (exact) mass is 345 g/mol. The van der Waals surface area contributed by atoms with Gasteiger partial charge in [-0.25, -0.2) is 21.6 Å². The van der Waals surface area contributed by atoms with Crippen molar-refractivity contribution < 1.29 is 21.6 Å². The minimum absolute atomic E-state index is 0.0307. The minimum atomic E-state index is -3.55. The number of amidine groups is 1. The van der Waals surface area contributed by atoms with Crippen molar-refractivity contribution in [2.75, 3.05) is 0 Å². The van der Waals surface area contributed by atoms with E-state index in [-0.39, 0.29) is 11.6 Å². The first-order valence-corrected chi connectivity index (χ1v) is 8.89. The summed E-state index contributed by atoms with van der Waals surface area (Å²) in [5.74, 6) is -2.01. The highest BCUT2D eigenvalue weighted by molar-refractivity contribution is 8.07.